The number of carbonyl (C=O) groups is 1. The van der Waals surface area contributed by atoms with Crippen LogP contribution in [0.2, 0.25) is 0 Å². The molecule has 0 saturated heterocycles. The molecule has 6 nitrogen and oxygen atoms in total. The molecular formula is C19H19N5O. The SMILES string of the molecule is Cc1cc(NC(=O)C2CC2)cc(Nc2n[nH]c(-c3ccccc3)n2)c1. The molecule has 4 rings (SSSR count). The van der Waals surface area contributed by atoms with Crippen molar-refractivity contribution in [1.29, 1.82) is 0 Å². The summed E-state index contributed by atoms with van der Waals surface area (Å²) in [7, 11) is 0. The van der Waals surface area contributed by atoms with E-state index < -0.39 is 0 Å². The number of amides is 1. The third kappa shape index (κ3) is 3.68. The van der Waals surface area contributed by atoms with E-state index in [4.69, 9.17) is 0 Å². The highest BCUT2D eigenvalue weighted by molar-refractivity contribution is 5.94. The van der Waals surface area contributed by atoms with E-state index in [1.54, 1.807) is 0 Å². The summed E-state index contributed by atoms with van der Waals surface area (Å²) in [4.78, 5) is 16.4. The molecule has 0 bridgehead atoms. The van der Waals surface area contributed by atoms with Crippen molar-refractivity contribution in [2.75, 3.05) is 10.6 Å². The summed E-state index contributed by atoms with van der Waals surface area (Å²) in [5.41, 5.74) is 3.66. The lowest BCUT2D eigenvalue weighted by molar-refractivity contribution is -0.117. The maximum absolute atomic E-state index is 12.0. The molecule has 126 valence electrons. The van der Waals surface area contributed by atoms with Crippen LogP contribution in [-0.4, -0.2) is 21.1 Å². The van der Waals surface area contributed by atoms with E-state index in [9.17, 15) is 4.79 Å². The van der Waals surface area contributed by atoms with Gasteiger partial charge in [-0.15, -0.1) is 5.10 Å². The predicted molar refractivity (Wildman–Crippen MR) is 97.6 cm³/mol. The van der Waals surface area contributed by atoms with Gasteiger partial charge in [0.25, 0.3) is 0 Å². The Hall–Kier alpha value is -3.15. The molecule has 6 heteroatoms. The van der Waals surface area contributed by atoms with Gasteiger partial charge in [-0.2, -0.15) is 4.98 Å². The average Bonchev–Trinajstić information content (AvgIpc) is 3.35. The van der Waals surface area contributed by atoms with Crippen LogP contribution < -0.4 is 10.6 Å². The van der Waals surface area contributed by atoms with Gasteiger partial charge in [0.1, 0.15) is 0 Å². The molecule has 0 aliphatic heterocycles. The first-order valence-corrected chi connectivity index (χ1v) is 8.35. The number of aryl methyl sites for hydroxylation is 1. The van der Waals surface area contributed by atoms with Crippen LogP contribution in [0.5, 0.6) is 0 Å². The Bertz CT molecular complexity index is 899. The number of aromatic amines is 1. The Balaban J connectivity index is 1.51. The van der Waals surface area contributed by atoms with Gasteiger partial charge in [0.2, 0.25) is 11.9 Å². The highest BCUT2D eigenvalue weighted by Crippen LogP contribution is 2.31. The summed E-state index contributed by atoms with van der Waals surface area (Å²) in [5.74, 6) is 1.47. The van der Waals surface area contributed by atoms with Gasteiger partial charge in [-0.05, 0) is 43.5 Å². The van der Waals surface area contributed by atoms with Crippen LogP contribution in [0.25, 0.3) is 11.4 Å². The van der Waals surface area contributed by atoms with Crippen LogP contribution in [-0.2, 0) is 4.79 Å². The fraction of sp³-hybridized carbons (Fsp3) is 0.211. The standard InChI is InChI=1S/C19H19N5O/c1-12-9-15(20-18(25)14-7-8-14)11-16(10-12)21-19-22-17(23-24-19)13-5-3-2-4-6-13/h2-6,9-11,14H,7-8H2,1H3,(H,20,25)(H2,21,22,23,24). The molecule has 25 heavy (non-hydrogen) atoms. The van der Waals surface area contributed by atoms with E-state index in [1.807, 2.05) is 55.5 Å². The van der Waals surface area contributed by atoms with Crippen molar-refractivity contribution in [3.05, 3.63) is 54.1 Å². The Kier molecular flexibility index (Phi) is 3.93. The van der Waals surface area contributed by atoms with E-state index in [0.717, 1.165) is 35.3 Å². The smallest absolute Gasteiger partial charge is 0.246 e. The second-order valence-electron chi connectivity index (χ2n) is 6.35. The number of anilines is 3. The zero-order chi connectivity index (χ0) is 17.2. The summed E-state index contributed by atoms with van der Waals surface area (Å²) in [6.07, 6.45) is 1.98. The van der Waals surface area contributed by atoms with Crippen LogP contribution in [0.4, 0.5) is 17.3 Å². The fourth-order valence-corrected chi connectivity index (χ4v) is 2.69. The van der Waals surface area contributed by atoms with Crippen molar-refractivity contribution < 1.29 is 4.79 Å². The Labute approximate surface area is 145 Å². The highest BCUT2D eigenvalue weighted by Gasteiger charge is 2.29. The van der Waals surface area contributed by atoms with Gasteiger partial charge in [-0.3, -0.25) is 9.89 Å². The molecule has 2 aromatic carbocycles. The zero-order valence-electron chi connectivity index (χ0n) is 13.9. The number of aromatic nitrogens is 3. The van der Waals surface area contributed by atoms with E-state index in [0.29, 0.717) is 11.8 Å². The molecule has 3 N–H and O–H groups in total. The topological polar surface area (TPSA) is 82.7 Å². The van der Waals surface area contributed by atoms with Gasteiger partial charge >= 0.3 is 0 Å². The molecule has 1 aliphatic rings. The number of hydrogen-bond donors (Lipinski definition) is 3. The van der Waals surface area contributed by atoms with Crippen LogP contribution in [0.3, 0.4) is 0 Å². The number of H-pyrrole nitrogens is 1. The summed E-state index contributed by atoms with van der Waals surface area (Å²) < 4.78 is 0. The Morgan fingerprint density at radius 1 is 1.12 bits per heavy atom. The first kappa shape index (κ1) is 15.4. The van der Waals surface area contributed by atoms with Gasteiger partial charge in [-0.1, -0.05) is 30.3 Å². The van der Waals surface area contributed by atoms with Crippen molar-refractivity contribution >= 4 is 23.2 Å². The van der Waals surface area contributed by atoms with Crippen LogP contribution in [0.1, 0.15) is 18.4 Å². The maximum atomic E-state index is 12.0. The van der Waals surface area contributed by atoms with Gasteiger partial charge in [0.05, 0.1) is 0 Å². The molecule has 0 spiro atoms. The number of nitrogens with zero attached hydrogens (tertiary/aromatic N) is 2. The number of hydrogen-bond acceptors (Lipinski definition) is 4. The van der Waals surface area contributed by atoms with Crippen LogP contribution >= 0.6 is 0 Å². The molecule has 0 radical (unpaired) electrons. The van der Waals surface area contributed by atoms with Crippen molar-refractivity contribution in [2.24, 2.45) is 5.92 Å². The summed E-state index contributed by atoms with van der Waals surface area (Å²) in [5, 5.41) is 13.3. The molecule has 1 heterocycles. The van der Waals surface area contributed by atoms with Crippen molar-refractivity contribution in [1.82, 2.24) is 15.2 Å². The minimum atomic E-state index is 0.0980. The van der Waals surface area contributed by atoms with Crippen molar-refractivity contribution in [2.45, 2.75) is 19.8 Å². The molecule has 1 aromatic heterocycles. The minimum absolute atomic E-state index is 0.0980. The van der Waals surface area contributed by atoms with E-state index >= 15 is 0 Å². The second kappa shape index (κ2) is 6.39. The molecule has 0 unspecified atom stereocenters. The lowest BCUT2D eigenvalue weighted by Gasteiger charge is -2.09. The molecular weight excluding hydrogens is 314 g/mol. The van der Waals surface area contributed by atoms with E-state index in [2.05, 4.69) is 25.8 Å². The van der Waals surface area contributed by atoms with Crippen molar-refractivity contribution in [3.8, 4) is 11.4 Å². The molecule has 1 saturated carbocycles. The molecule has 0 atom stereocenters. The lowest BCUT2D eigenvalue weighted by Crippen LogP contribution is -2.13. The Morgan fingerprint density at radius 2 is 1.88 bits per heavy atom. The minimum Gasteiger partial charge on any atom is -0.326 e. The lowest BCUT2D eigenvalue weighted by atomic mass is 10.2. The third-order valence-electron chi connectivity index (χ3n) is 4.08. The number of carbonyl (C=O) groups excluding carboxylic acids is 1. The summed E-state index contributed by atoms with van der Waals surface area (Å²) in [6.45, 7) is 1.99. The van der Waals surface area contributed by atoms with Gasteiger partial charge in [-0.25, -0.2) is 0 Å². The van der Waals surface area contributed by atoms with Gasteiger partial charge in [0, 0.05) is 22.9 Å². The first-order valence-electron chi connectivity index (χ1n) is 8.35. The van der Waals surface area contributed by atoms with E-state index in [1.165, 1.54) is 0 Å². The van der Waals surface area contributed by atoms with Crippen LogP contribution in [0, 0.1) is 12.8 Å². The van der Waals surface area contributed by atoms with Crippen molar-refractivity contribution in [3.63, 3.8) is 0 Å². The van der Waals surface area contributed by atoms with Gasteiger partial charge < -0.3 is 10.6 Å². The van der Waals surface area contributed by atoms with Crippen LogP contribution in [0.15, 0.2) is 48.5 Å². The summed E-state index contributed by atoms with van der Waals surface area (Å²) in [6, 6.07) is 15.7. The largest absolute Gasteiger partial charge is 0.326 e. The normalized spacial score (nSPS) is 13.5. The Morgan fingerprint density at radius 3 is 2.64 bits per heavy atom. The predicted octanol–water partition coefficient (Wildman–Crippen LogP) is 3.87. The quantitative estimate of drug-likeness (QED) is 0.662. The number of benzene rings is 2. The number of rotatable bonds is 5. The molecule has 1 fully saturated rings. The second-order valence-corrected chi connectivity index (χ2v) is 6.35. The monoisotopic (exact) mass is 333 g/mol. The molecule has 3 aromatic rings. The highest BCUT2D eigenvalue weighted by atomic mass is 16.2. The zero-order valence-corrected chi connectivity index (χ0v) is 13.9. The number of nitrogens with one attached hydrogen (secondary N) is 3. The fourth-order valence-electron chi connectivity index (χ4n) is 2.69. The average molecular weight is 333 g/mol. The first-order chi connectivity index (χ1) is 12.2. The van der Waals surface area contributed by atoms with Gasteiger partial charge in [0.15, 0.2) is 5.82 Å². The summed E-state index contributed by atoms with van der Waals surface area (Å²) >= 11 is 0. The molecule has 1 aliphatic carbocycles. The van der Waals surface area contributed by atoms with E-state index in [-0.39, 0.29) is 11.8 Å². The third-order valence-corrected chi connectivity index (χ3v) is 4.08. The molecule has 1 amide bonds. The maximum Gasteiger partial charge on any atom is 0.246 e.